The summed E-state index contributed by atoms with van der Waals surface area (Å²) in [6.45, 7) is 8.87. The van der Waals surface area contributed by atoms with E-state index < -0.39 is 11.6 Å². The van der Waals surface area contributed by atoms with Crippen LogP contribution in [0.25, 0.3) is 0 Å². The van der Waals surface area contributed by atoms with Gasteiger partial charge in [-0.25, -0.2) is 9.36 Å². The smallest absolute Gasteiger partial charge is 0.333 e. The van der Waals surface area contributed by atoms with Gasteiger partial charge in [-0.1, -0.05) is 6.58 Å². The van der Waals surface area contributed by atoms with Crippen molar-refractivity contribution in [2.24, 2.45) is 0 Å². The zero-order chi connectivity index (χ0) is 11.2. The van der Waals surface area contributed by atoms with Crippen molar-refractivity contribution < 1.29 is 18.6 Å². The van der Waals surface area contributed by atoms with Crippen molar-refractivity contribution >= 4 is 14.7 Å². The molecule has 0 amide bonds. The Balaban J connectivity index is 3.99. The fraction of sp³-hybridized carbons (Fsp3) is 0.667. The molecule has 14 heavy (non-hydrogen) atoms. The van der Waals surface area contributed by atoms with Gasteiger partial charge in [-0.2, -0.15) is 0 Å². The van der Waals surface area contributed by atoms with Crippen LogP contribution in [0.3, 0.4) is 0 Å². The summed E-state index contributed by atoms with van der Waals surface area (Å²) in [5.41, 5.74) is -0.262. The minimum absolute atomic E-state index is 0.279. The molecule has 5 heteroatoms. The molecular weight excluding hydrogens is 203 g/mol. The molecule has 80 valence electrons. The summed E-state index contributed by atoms with van der Waals surface area (Å²) in [4.78, 5) is 11.2. The number of carbonyl (C=O) groups is 1. The Morgan fingerprint density at radius 1 is 1.50 bits per heavy atom. The summed E-state index contributed by atoms with van der Waals surface area (Å²) >= 11 is 0. The molecule has 0 bridgehead atoms. The molecule has 0 N–H and O–H groups in total. The molecule has 0 atom stereocenters. The van der Waals surface area contributed by atoms with E-state index in [0.29, 0.717) is 12.0 Å². The summed E-state index contributed by atoms with van der Waals surface area (Å²) in [5.74, 6) is -0.422. The number of hydrogen-bond donors (Lipinski definition) is 0. The zero-order valence-corrected chi connectivity index (χ0v) is 9.60. The molecule has 0 saturated heterocycles. The predicted molar refractivity (Wildman–Crippen MR) is 53.2 cm³/mol. The zero-order valence-electron chi connectivity index (χ0n) is 8.70. The molecule has 0 aliphatic rings. The summed E-state index contributed by atoms with van der Waals surface area (Å²) in [6.07, 6.45) is 0.487. The number of esters is 1. The molecule has 0 fully saturated rings. The van der Waals surface area contributed by atoms with E-state index in [-0.39, 0.29) is 15.3 Å². The van der Waals surface area contributed by atoms with Crippen molar-refractivity contribution in [3.63, 3.8) is 0 Å². The van der Waals surface area contributed by atoms with Gasteiger partial charge in [0.15, 0.2) is 0 Å². The lowest BCUT2D eigenvalue weighted by atomic mass is 10.1. The number of hydrogen-bond acceptors (Lipinski definition) is 4. The van der Waals surface area contributed by atoms with Gasteiger partial charge in [-0.15, -0.1) is 0 Å². The lowest BCUT2D eigenvalue weighted by molar-refractivity contribution is -0.152. The second-order valence-corrected chi connectivity index (χ2v) is 3.99. The highest BCUT2D eigenvalue weighted by atomic mass is 31.1. The van der Waals surface area contributed by atoms with Crippen molar-refractivity contribution in [2.45, 2.75) is 32.8 Å². The highest BCUT2D eigenvalue weighted by Gasteiger charge is 2.22. The van der Waals surface area contributed by atoms with Gasteiger partial charge in [0.05, 0.1) is 6.61 Å². The summed E-state index contributed by atoms with van der Waals surface area (Å²) in [5, 5.41) is 0. The fourth-order valence-corrected chi connectivity index (χ4v) is 0.884. The van der Waals surface area contributed by atoms with Crippen LogP contribution in [0, 0.1) is 0 Å². The first-order chi connectivity index (χ1) is 6.39. The van der Waals surface area contributed by atoms with Crippen molar-refractivity contribution in [1.29, 1.82) is 0 Å². The van der Waals surface area contributed by atoms with E-state index in [0.717, 1.165) is 0 Å². The lowest BCUT2D eigenvalue weighted by Gasteiger charge is -2.24. The summed E-state index contributed by atoms with van der Waals surface area (Å²) in [6, 6.07) is 0. The normalized spacial score (nSPS) is 11.4. The first kappa shape index (κ1) is 13.3. The van der Waals surface area contributed by atoms with E-state index in [1.807, 2.05) is 0 Å². The Bertz CT molecular complexity index is 235. The Kier molecular flexibility index (Phi) is 5.58. The maximum absolute atomic E-state index is 11.2. The molecule has 0 aromatic carbocycles. The van der Waals surface area contributed by atoms with Gasteiger partial charge in [-0.05, 0) is 20.8 Å². The largest absolute Gasteiger partial charge is 0.456 e. The third kappa shape index (κ3) is 5.84. The molecule has 0 spiro atoms. The predicted octanol–water partition coefficient (Wildman–Crippen LogP) is 2.50. The van der Waals surface area contributed by atoms with Gasteiger partial charge in [0, 0.05) is 12.0 Å². The first-order valence-corrected chi connectivity index (χ1v) is 4.95. The highest BCUT2D eigenvalue weighted by molar-refractivity contribution is 7.17. The minimum atomic E-state index is -0.624. The third-order valence-corrected chi connectivity index (χ3v) is 1.85. The molecule has 4 nitrogen and oxygen atoms in total. The van der Waals surface area contributed by atoms with Crippen LogP contribution in [0.2, 0.25) is 0 Å². The molecule has 0 aliphatic heterocycles. The van der Waals surface area contributed by atoms with Crippen LogP contribution >= 0.6 is 8.69 Å². The fourth-order valence-electron chi connectivity index (χ4n) is 0.718. The van der Waals surface area contributed by atoms with Gasteiger partial charge in [-0.3, -0.25) is 4.52 Å². The number of carbonyl (C=O) groups excluding carboxylic acids is 1. The van der Waals surface area contributed by atoms with Crippen molar-refractivity contribution in [1.82, 2.24) is 0 Å². The van der Waals surface area contributed by atoms with Gasteiger partial charge in [0.25, 0.3) is 0 Å². The molecule has 0 unspecified atom stereocenters. The van der Waals surface area contributed by atoms with E-state index in [1.54, 1.807) is 20.8 Å². The number of ether oxygens (including phenoxy) is 1. The molecule has 0 aromatic rings. The molecule has 0 rings (SSSR count). The van der Waals surface area contributed by atoms with Crippen molar-refractivity contribution in [3.05, 3.63) is 12.2 Å². The summed E-state index contributed by atoms with van der Waals surface area (Å²) < 4.78 is 19.7. The van der Waals surface area contributed by atoms with Crippen LogP contribution in [-0.2, 0) is 18.6 Å². The van der Waals surface area contributed by atoms with E-state index in [4.69, 9.17) is 4.74 Å². The van der Waals surface area contributed by atoms with Crippen LogP contribution in [0.4, 0.5) is 0 Å². The van der Waals surface area contributed by atoms with E-state index in [9.17, 15) is 9.36 Å². The minimum Gasteiger partial charge on any atom is -0.456 e. The average Bonchev–Trinajstić information content (AvgIpc) is 2.03. The van der Waals surface area contributed by atoms with Gasteiger partial charge in [0.2, 0.25) is 0 Å². The maximum Gasteiger partial charge on any atom is 0.333 e. The quantitative estimate of drug-likeness (QED) is 0.297. The second kappa shape index (κ2) is 5.89. The SMILES string of the molecule is C=C(C)C(=O)OC(C)(C)CCOP=O. The van der Waals surface area contributed by atoms with E-state index in [1.165, 1.54) is 0 Å². The Hall–Kier alpha value is -0.730. The van der Waals surface area contributed by atoms with Gasteiger partial charge < -0.3 is 4.74 Å². The summed E-state index contributed by atoms with van der Waals surface area (Å²) in [7, 11) is -0.357. The monoisotopic (exact) mass is 218 g/mol. The van der Waals surface area contributed by atoms with Crippen LogP contribution < -0.4 is 0 Å². The molecular formula is C9H15O4P. The van der Waals surface area contributed by atoms with E-state index >= 15 is 0 Å². The Labute approximate surface area is 85.6 Å². The molecule has 0 aliphatic carbocycles. The molecule has 0 heterocycles. The van der Waals surface area contributed by atoms with Gasteiger partial charge >= 0.3 is 14.7 Å². The van der Waals surface area contributed by atoms with Crippen LogP contribution in [0.15, 0.2) is 12.2 Å². The lowest BCUT2D eigenvalue weighted by Crippen LogP contribution is -2.29. The molecule has 0 saturated carbocycles. The Morgan fingerprint density at radius 3 is 2.50 bits per heavy atom. The topological polar surface area (TPSA) is 52.6 Å². The van der Waals surface area contributed by atoms with Crippen LogP contribution in [-0.4, -0.2) is 18.2 Å². The second-order valence-electron chi connectivity index (χ2n) is 3.59. The molecule has 0 radical (unpaired) electrons. The van der Waals surface area contributed by atoms with Crippen molar-refractivity contribution in [3.8, 4) is 0 Å². The third-order valence-electron chi connectivity index (χ3n) is 1.57. The van der Waals surface area contributed by atoms with Gasteiger partial charge in [0.1, 0.15) is 5.60 Å². The first-order valence-electron chi connectivity index (χ1n) is 4.22. The maximum atomic E-state index is 11.2. The molecule has 0 aromatic heterocycles. The van der Waals surface area contributed by atoms with Crippen molar-refractivity contribution in [2.75, 3.05) is 6.61 Å². The average molecular weight is 218 g/mol. The highest BCUT2D eigenvalue weighted by Crippen LogP contribution is 2.17. The standard InChI is InChI=1S/C9H15O4P/c1-7(2)8(10)13-9(3,4)5-6-12-14-11/h1,5-6H2,2-4H3. The van der Waals surface area contributed by atoms with Crippen LogP contribution in [0.1, 0.15) is 27.2 Å². The Morgan fingerprint density at radius 2 is 2.07 bits per heavy atom. The van der Waals surface area contributed by atoms with Crippen LogP contribution in [0.5, 0.6) is 0 Å². The van der Waals surface area contributed by atoms with E-state index in [2.05, 4.69) is 11.1 Å². The number of rotatable bonds is 6.